The molecule has 0 saturated carbocycles. The smallest absolute Gasteiger partial charge is 0.104 e. The molecule has 1 heterocycles. The van der Waals surface area contributed by atoms with E-state index in [1.165, 1.54) is 27.8 Å². The molecule has 0 amide bonds. The van der Waals surface area contributed by atoms with Crippen molar-refractivity contribution in [3.63, 3.8) is 0 Å². The number of likely N-dealkylation sites (tertiary alicyclic amines) is 1. The highest BCUT2D eigenvalue weighted by Gasteiger charge is 2.27. The van der Waals surface area contributed by atoms with Crippen LogP contribution >= 0.6 is 0 Å². The Morgan fingerprint density at radius 1 is 0.750 bits per heavy atom. The minimum atomic E-state index is -0.691. The first kappa shape index (κ1) is 29.8. The van der Waals surface area contributed by atoms with Gasteiger partial charge in [-0.25, -0.2) is 0 Å². The van der Waals surface area contributed by atoms with Crippen LogP contribution < -0.4 is 0 Å². The third-order valence-corrected chi connectivity index (χ3v) is 9.57. The molecule has 0 aromatic heterocycles. The number of nitrogens with zero attached hydrogens (tertiary/aromatic N) is 2. The molecule has 6 rings (SSSR count). The summed E-state index contributed by atoms with van der Waals surface area (Å²) in [6.45, 7) is 5.35. The largest absolute Gasteiger partial charge is 0.384 e. The second-order valence-corrected chi connectivity index (χ2v) is 12.5. The van der Waals surface area contributed by atoms with Crippen molar-refractivity contribution in [1.82, 2.24) is 4.90 Å². The van der Waals surface area contributed by atoms with E-state index in [4.69, 9.17) is 0 Å². The van der Waals surface area contributed by atoms with E-state index in [0.29, 0.717) is 0 Å². The molecule has 0 spiro atoms. The molecule has 3 nitrogen and oxygen atoms in total. The van der Waals surface area contributed by atoms with E-state index in [1.807, 2.05) is 61.5 Å². The summed E-state index contributed by atoms with van der Waals surface area (Å²) in [6.07, 6.45) is 10.1. The van der Waals surface area contributed by atoms with Gasteiger partial charge in [0.2, 0.25) is 0 Å². The van der Waals surface area contributed by atoms with E-state index < -0.39 is 11.5 Å². The molecule has 0 radical (unpaired) electrons. The SMILES string of the molecule is CC(C#N)(CCCCCN1CCC(=C2c3ccccc3C=Cc3ccccc32)CC1)c1cccc(C(O)c2ccccc2)c1. The lowest BCUT2D eigenvalue weighted by molar-refractivity contribution is 0.220. The van der Waals surface area contributed by atoms with E-state index in [2.05, 4.69) is 71.7 Å². The van der Waals surface area contributed by atoms with E-state index in [-0.39, 0.29) is 0 Å². The minimum Gasteiger partial charge on any atom is -0.384 e. The molecule has 44 heavy (non-hydrogen) atoms. The monoisotopic (exact) mass is 578 g/mol. The van der Waals surface area contributed by atoms with Crippen molar-refractivity contribution in [3.8, 4) is 6.07 Å². The molecule has 1 saturated heterocycles. The summed E-state index contributed by atoms with van der Waals surface area (Å²) < 4.78 is 0. The molecule has 4 aromatic carbocycles. The van der Waals surface area contributed by atoms with Gasteiger partial charge in [0.25, 0.3) is 0 Å². The molecule has 0 bridgehead atoms. The molecule has 2 atom stereocenters. The Kier molecular flexibility index (Phi) is 9.22. The third kappa shape index (κ3) is 6.48. The van der Waals surface area contributed by atoms with Gasteiger partial charge in [-0.05, 0) is 83.7 Å². The first-order chi connectivity index (χ1) is 21.6. The molecule has 222 valence electrons. The van der Waals surface area contributed by atoms with Crippen molar-refractivity contribution >= 4 is 17.7 Å². The average molecular weight is 579 g/mol. The Hall–Kier alpha value is -4.23. The maximum Gasteiger partial charge on any atom is 0.104 e. The fraction of sp³-hybridized carbons (Fsp3) is 0.293. The van der Waals surface area contributed by atoms with Gasteiger partial charge >= 0.3 is 0 Å². The summed E-state index contributed by atoms with van der Waals surface area (Å²) in [4.78, 5) is 2.62. The number of nitriles is 1. The predicted molar refractivity (Wildman–Crippen MR) is 182 cm³/mol. The quantitative estimate of drug-likeness (QED) is 0.177. The maximum absolute atomic E-state index is 10.9. The summed E-state index contributed by atoms with van der Waals surface area (Å²) in [6, 6.07) is 37.9. The maximum atomic E-state index is 10.9. The normalized spacial score (nSPS) is 16.8. The van der Waals surface area contributed by atoms with E-state index in [9.17, 15) is 10.4 Å². The molecule has 2 unspecified atom stereocenters. The van der Waals surface area contributed by atoms with E-state index in [1.54, 1.807) is 5.57 Å². The van der Waals surface area contributed by atoms with Gasteiger partial charge in [0.15, 0.2) is 0 Å². The highest BCUT2D eigenvalue weighted by Crippen LogP contribution is 2.39. The van der Waals surface area contributed by atoms with Crippen LogP contribution in [0.4, 0.5) is 0 Å². The van der Waals surface area contributed by atoms with Crippen molar-refractivity contribution in [1.29, 1.82) is 5.26 Å². The van der Waals surface area contributed by atoms with Crippen LogP contribution in [0.2, 0.25) is 0 Å². The van der Waals surface area contributed by atoms with E-state index in [0.717, 1.165) is 74.8 Å². The van der Waals surface area contributed by atoms with Gasteiger partial charge in [-0.15, -0.1) is 0 Å². The zero-order valence-electron chi connectivity index (χ0n) is 25.8. The van der Waals surface area contributed by atoms with Gasteiger partial charge < -0.3 is 10.0 Å². The zero-order valence-corrected chi connectivity index (χ0v) is 25.8. The zero-order chi connectivity index (χ0) is 30.4. The number of rotatable bonds is 9. The Morgan fingerprint density at radius 2 is 1.36 bits per heavy atom. The first-order valence-corrected chi connectivity index (χ1v) is 16.1. The fourth-order valence-corrected chi connectivity index (χ4v) is 6.88. The van der Waals surface area contributed by atoms with Crippen molar-refractivity contribution in [2.24, 2.45) is 0 Å². The number of benzene rings is 4. The Morgan fingerprint density at radius 3 is 2.02 bits per heavy atom. The number of hydrogen-bond acceptors (Lipinski definition) is 3. The highest BCUT2D eigenvalue weighted by molar-refractivity contribution is 5.94. The number of unbranched alkanes of at least 4 members (excludes halogenated alkanes) is 2. The van der Waals surface area contributed by atoms with E-state index >= 15 is 0 Å². The van der Waals surface area contributed by atoms with Crippen LogP contribution in [0.25, 0.3) is 17.7 Å². The second-order valence-electron chi connectivity index (χ2n) is 12.5. The first-order valence-electron chi connectivity index (χ1n) is 16.1. The van der Waals surface area contributed by atoms with Crippen molar-refractivity contribution in [2.45, 2.75) is 57.0 Å². The Bertz CT molecular complexity index is 1630. The summed E-state index contributed by atoms with van der Waals surface area (Å²) in [5.74, 6) is 0. The van der Waals surface area contributed by atoms with Gasteiger partial charge in [0.1, 0.15) is 6.10 Å². The molecular weight excluding hydrogens is 536 g/mol. The molecule has 4 aromatic rings. The summed E-state index contributed by atoms with van der Waals surface area (Å²) in [5.41, 5.74) is 10.5. The van der Waals surface area contributed by atoms with Crippen molar-refractivity contribution < 1.29 is 5.11 Å². The van der Waals surface area contributed by atoms with Gasteiger partial charge in [-0.3, -0.25) is 0 Å². The fourth-order valence-electron chi connectivity index (χ4n) is 6.88. The van der Waals surface area contributed by atoms with Crippen molar-refractivity contribution in [2.75, 3.05) is 19.6 Å². The van der Waals surface area contributed by atoms with Crippen LogP contribution in [-0.4, -0.2) is 29.6 Å². The molecule has 3 heteroatoms. The molecule has 1 aliphatic heterocycles. The average Bonchev–Trinajstić information content (AvgIpc) is 3.25. The predicted octanol–water partition coefficient (Wildman–Crippen LogP) is 9.19. The number of hydrogen-bond donors (Lipinski definition) is 1. The standard InChI is InChI=1S/C41H42N2O/c1-41(30-42,36-18-12-17-35(29-36)40(44)34-15-4-2-5-16-34)25-10-3-11-26-43-27-23-33(24-28-43)39-37-19-8-6-13-31(37)21-22-32-14-7-9-20-38(32)39/h2,4-9,12-22,29,40,44H,3,10-11,23-28H2,1H3. The molecular formula is C41H42N2O. The summed E-state index contributed by atoms with van der Waals surface area (Å²) in [7, 11) is 0. The van der Waals surface area contributed by atoms with Crippen molar-refractivity contribution in [3.05, 3.63) is 148 Å². The molecule has 1 fully saturated rings. The summed E-state index contributed by atoms with van der Waals surface area (Å²) in [5, 5.41) is 21.1. The van der Waals surface area contributed by atoms with Gasteiger partial charge in [0, 0.05) is 13.1 Å². The van der Waals surface area contributed by atoms with Gasteiger partial charge in [-0.1, -0.05) is 134 Å². The van der Waals surface area contributed by atoms with Crippen LogP contribution in [0.1, 0.15) is 90.5 Å². The highest BCUT2D eigenvalue weighted by atomic mass is 16.3. The molecule has 1 N–H and O–H groups in total. The lowest BCUT2D eigenvalue weighted by atomic mass is 9.78. The van der Waals surface area contributed by atoms with Crippen LogP contribution in [0, 0.1) is 11.3 Å². The van der Waals surface area contributed by atoms with Gasteiger partial charge in [-0.2, -0.15) is 5.26 Å². The van der Waals surface area contributed by atoms with Gasteiger partial charge in [0.05, 0.1) is 11.5 Å². The molecule has 1 aliphatic carbocycles. The topological polar surface area (TPSA) is 47.3 Å². The van der Waals surface area contributed by atoms with Crippen LogP contribution in [0.5, 0.6) is 0 Å². The second kappa shape index (κ2) is 13.6. The number of aliphatic hydroxyl groups excluding tert-OH is 1. The number of piperidine rings is 1. The Labute approximate surface area is 262 Å². The Balaban J connectivity index is 1.03. The lowest BCUT2D eigenvalue weighted by Gasteiger charge is -2.30. The number of fused-ring (bicyclic) bond motifs is 2. The van der Waals surface area contributed by atoms with Crippen LogP contribution in [-0.2, 0) is 5.41 Å². The molecule has 2 aliphatic rings. The van der Waals surface area contributed by atoms with Crippen LogP contribution in [0.15, 0.2) is 109 Å². The lowest BCUT2D eigenvalue weighted by Crippen LogP contribution is -2.32. The number of aliphatic hydroxyl groups is 1. The third-order valence-electron chi connectivity index (χ3n) is 9.57. The van der Waals surface area contributed by atoms with Crippen LogP contribution in [0.3, 0.4) is 0 Å². The summed E-state index contributed by atoms with van der Waals surface area (Å²) >= 11 is 0. The minimum absolute atomic E-state index is 0.571.